The van der Waals surface area contributed by atoms with Crippen molar-refractivity contribution in [3.05, 3.63) is 59.4 Å². The van der Waals surface area contributed by atoms with Crippen molar-refractivity contribution in [1.29, 1.82) is 0 Å². The van der Waals surface area contributed by atoms with Crippen LogP contribution in [-0.2, 0) is 0 Å². The first kappa shape index (κ1) is 12.7. The first-order valence-corrected chi connectivity index (χ1v) is 6.84. The van der Waals surface area contributed by atoms with Crippen molar-refractivity contribution in [3.63, 3.8) is 0 Å². The van der Waals surface area contributed by atoms with Crippen molar-refractivity contribution in [2.24, 2.45) is 0 Å². The van der Waals surface area contributed by atoms with E-state index in [1.807, 2.05) is 25.1 Å². The van der Waals surface area contributed by atoms with Gasteiger partial charge in [0.05, 0.1) is 5.75 Å². The average molecular weight is 253 g/mol. The summed E-state index contributed by atoms with van der Waals surface area (Å²) in [7, 11) is 0. The second kappa shape index (κ2) is 6.28. The van der Waals surface area contributed by atoms with Gasteiger partial charge in [-0.25, -0.2) is 4.98 Å². The van der Waals surface area contributed by atoms with Crippen LogP contribution in [0.25, 0.3) is 0 Å². The van der Waals surface area contributed by atoms with E-state index >= 15 is 0 Å². The summed E-state index contributed by atoms with van der Waals surface area (Å²) in [6.45, 7) is 4.08. The first-order valence-electron chi connectivity index (χ1n) is 5.86. The first-order chi connectivity index (χ1) is 8.74. The van der Waals surface area contributed by atoms with Crippen LogP contribution in [0.1, 0.15) is 17.0 Å². The summed E-state index contributed by atoms with van der Waals surface area (Å²) in [5, 5.41) is 0. The maximum absolute atomic E-state index is 4.35. The molecule has 0 saturated heterocycles. The molecule has 1 heterocycles. The molecule has 2 aromatic rings. The summed E-state index contributed by atoms with van der Waals surface area (Å²) in [5.74, 6) is 7.03. The van der Waals surface area contributed by atoms with E-state index in [0.717, 1.165) is 17.1 Å². The Balaban J connectivity index is 1.93. The molecule has 0 aliphatic heterocycles. The fourth-order valence-electron chi connectivity index (χ4n) is 1.56. The van der Waals surface area contributed by atoms with Gasteiger partial charge in [-0.05, 0) is 44.0 Å². The van der Waals surface area contributed by atoms with Crippen LogP contribution in [0.3, 0.4) is 0 Å². The highest BCUT2D eigenvalue weighted by Gasteiger charge is 1.92. The highest BCUT2D eigenvalue weighted by atomic mass is 32.2. The Morgan fingerprint density at radius 2 is 1.94 bits per heavy atom. The molecule has 0 fully saturated rings. The van der Waals surface area contributed by atoms with Gasteiger partial charge in [-0.2, -0.15) is 0 Å². The third kappa shape index (κ3) is 3.94. The second-order valence-electron chi connectivity index (χ2n) is 4.07. The predicted molar refractivity (Wildman–Crippen MR) is 77.8 cm³/mol. The maximum Gasteiger partial charge on any atom is 0.113 e. The zero-order chi connectivity index (χ0) is 12.8. The molecule has 0 saturated carbocycles. The van der Waals surface area contributed by atoms with Crippen LogP contribution in [-0.4, -0.2) is 10.7 Å². The molecule has 2 heteroatoms. The van der Waals surface area contributed by atoms with Gasteiger partial charge in [0.1, 0.15) is 5.69 Å². The molecule has 0 spiro atoms. The molecule has 0 unspecified atom stereocenters. The monoisotopic (exact) mass is 253 g/mol. The molecule has 2 rings (SSSR count). The summed E-state index contributed by atoms with van der Waals surface area (Å²) < 4.78 is 0. The Bertz CT molecular complexity index is 593. The topological polar surface area (TPSA) is 12.9 Å². The minimum Gasteiger partial charge on any atom is -0.245 e. The number of pyridine rings is 1. The number of rotatable bonds is 2. The zero-order valence-electron chi connectivity index (χ0n) is 10.6. The van der Waals surface area contributed by atoms with Crippen LogP contribution in [0.15, 0.2) is 47.4 Å². The third-order valence-corrected chi connectivity index (χ3v) is 3.28. The fraction of sp³-hybridized carbons (Fsp3) is 0.188. The maximum atomic E-state index is 4.35. The molecule has 0 atom stereocenters. The number of hydrogen-bond acceptors (Lipinski definition) is 2. The van der Waals surface area contributed by atoms with Gasteiger partial charge >= 0.3 is 0 Å². The van der Waals surface area contributed by atoms with Gasteiger partial charge in [-0.3, -0.25) is 0 Å². The van der Waals surface area contributed by atoms with Crippen LogP contribution in [0.4, 0.5) is 0 Å². The van der Waals surface area contributed by atoms with Crippen LogP contribution in [0, 0.1) is 25.7 Å². The van der Waals surface area contributed by atoms with Crippen LogP contribution in [0.2, 0.25) is 0 Å². The van der Waals surface area contributed by atoms with E-state index in [1.54, 1.807) is 11.8 Å². The van der Waals surface area contributed by atoms with E-state index < -0.39 is 0 Å². The lowest BCUT2D eigenvalue weighted by Crippen LogP contribution is -1.85. The van der Waals surface area contributed by atoms with Gasteiger partial charge < -0.3 is 0 Å². The van der Waals surface area contributed by atoms with Crippen molar-refractivity contribution in [3.8, 4) is 11.8 Å². The lowest BCUT2D eigenvalue weighted by atomic mass is 10.2. The van der Waals surface area contributed by atoms with Crippen LogP contribution in [0.5, 0.6) is 0 Å². The lowest BCUT2D eigenvalue weighted by Gasteiger charge is -1.98. The molecule has 1 nitrogen and oxygen atoms in total. The van der Waals surface area contributed by atoms with Gasteiger partial charge in [-0.15, -0.1) is 11.8 Å². The summed E-state index contributed by atoms with van der Waals surface area (Å²) in [6, 6.07) is 14.4. The van der Waals surface area contributed by atoms with Gasteiger partial charge in [0.2, 0.25) is 0 Å². The lowest BCUT2D eigenvalue weighted by molar-refractivity contribution is 1.18. The molecule has 1 aromatic heterocycles. The quantitative estimate of drug-likeness (QED) is 0.595. The molecular formula is C16H15NS. The third-order valence-electron chi connectivity index (χ3n) is 2.41. The SMILES string of the molecule is Cc1cccc(SCC#Cc2cccc(C)n2)c1. The van der Waals surface area contributed by atoms with Gasteiger partial charge in [0.15, 0.2) is 0 Å². The van der Waals surface area contributed by atoms with E-state index in [9.17, 15) is 0 Å². The standard InChI is InChI=1S/C16H15NS/c1-13-6-3-10-16(12-13)18-11-5-9-15-8-4-7-14(2)17-15/h3-4,6-8,10,12H,11H2,1-2H3. The highest BCUT2D eigenvalue weighted by Crippen LogP contribution is 2.17. The second-order valence-corrected chi connectivity index (χ2v) is 5.12. The number of aromatic nitrogens is 1. The van der Waals surface area contributed by atoms with Crippen molar-refractivity contribution in [2.45, 2.75) is 18.7 Å². The molecule has 1 aromatic carbocycles. The minimum atomic E-state index is 0.791. The van der Waals surface area contributed by atoms with E-state index in [-0.39, 0.29) is 0 Å². The van der Waals surface area contributed by atoms with Crippen molar-refractivity contribution < 1.29 is 0 Å². The van der Waals surface area contributed by atoms with Crippen molar-refractivity contribution >= 4 is 11.8 Å². The molecule has 0 amide bonds. The molecule has 0 aliphatic rings. The van der Waals surface area contributed by atoms with E-state index in [4.69, 9.17) is 0 Å². The largest absolute Gasteiger partial charge is 0.245 e. The fourth-order valence-corrected chi connectivity index (χ4v) is 2.32. The van der Waals surface area contributed by atoms with E-state index in [0.29, 0.717) is 0 Å². The number of benzene rings is 1. The van der Waals surface area contributed by atoms with Crippen LogP contribution < -0.4 is 0 Å². The average Bonchev–Trinajstić information content (AvgIpc) is 2.35. The molecular weight excluding hydrogens is 238 g/mol. The Labute approximate surface area is 113 Å². The highest BCUT2D eigenvalue weighted by molar-refractivity contribution is 7.99. The van der Waals surface area contributed by atoms with Gasteiger partial charge in [0, 0.05) is 10.6 Å². The molecule has 0 radical (unpaired) electrons. The molecule has 0 bridgehead atoms. The van der Waals surface area contributed by atoms with Crippen LogP contribution >= 0.6 is 11.8 Å². The number of thioether (sulfide) groups is 1. The molecule has 0 aliphatic carbocycles. The minimum absolute atomic E-state index is 0.791. The summed E-state index contributed by atoms with van der Waals surface area (Å²) >= 11 is 1.76. The smallest absolute Gasteiger partial charge is 0.113 e. The summed E-state index contributed by atoms with van der Waals surface area (Å²) in [6.07, 6.45) is 0. The zero-order valence-corrected chi connectivity index (χ0v) is 11.4. The number of nitrogens with zero attached hydrogens (tertiary/aromatic N) is 1. The van der Waals surface area contributed by atoms with Gasteiger partial charge in [-0.1, -0.05) is 29.7 Å². The summed E-state index contributed by atoms with van der Waals surface area (Å²) in [4.78, 5) is 5.61. The van der Waals surface area contributed by atoms with E-state index in [2.05, 4.69) is 48.0 Å². The summed E-state index contributed by atoms with van der Waals surface area (Å²) in [5.41, 5.74) is 3.14. The number of aryl methyl sites for hydroxylation is 2. The number of hydrogen-bond donors (Lipinski definition) is 0. The van der Waals surface area contributed by atoms with Crippen molar-refractivity contribution in [1.82, 2.24) is 4.98 Å². The molecule has 18 heavy (non-hydrogen) atoms. The van der Waals surface area contributed by atoms with E-state index in [1.165, 1.54) is 10.5 Å². The Kier molecular flexibility index (Phi) is 4.44. The Morgan fingerprint density at radius 3 is 2.72 bits per heavy atom. The predicted octanol–water partition coefficient (Wildman–Crippen LogP) is 3.84. The normalized spacial score (nSPS) is 9.67. The van der Waals surface area contributed by atoms with Crippen molar-refractivity contribution in [2.75, 3.05) is 5.75 Å². The molecule has 0 N–H and O–H groups in total. The van der Waals surface area contributed by atoms with Gasteiger partial charge in [0.25, 0.3) is 0 Å². The molecule has 90 valence electrons. The Hall–Kier alpha value is -1.72. The Morgan fingerprint density at radius 1 is 1.11 bits per heavy atom.